The van der Waals surface area contributed by atoms with Crippen molar-refractivity contribution in [2.45, 2.75) is 18.6 Å². The predicted octanol–water partition coefficient (Wildman–Crippen LogP) is 5.94. The fourth-order valence-corrected chi connectivity index (χ4v) is 4.80. The number of thiocarbonyl (C=S) groups is 1. The minimum Gasteiger partial charge on any atom is -0.467 e. The molecule has 8 heteroatoms. The summed E-state index contributed by atoms with van der Waals surface area (Å²) in [5.74, 6) is 0.832. The van der Waals surface area contributed by atoms with Crippen LogP contribution >= 0.6 is 35.4 Å². The summed E-state index contributed by atoms with van der Waals surface area (Å²) in [6.07, 6.45) is 5.46. The maximum absolute atomic E-state index is 6.55. The van der Waals surface area contributed by atoms with E-state index >= 15 is 0 Å². The molecule has 5 rings (SSSR count). The zero-order chi connectivity index (χ0) is 21.4. The highest BCUT2D eigenvalue weighted by Gasteiger charge is 2.41. The van der Waals surface area contributed by atoms with Gasteiger partial charge in [-0.15, -0.1) is 0 Å². The number of halogens is 2. The van der Waals surface area contributed by atoms with Crippen LogP contribution in [0.25, 0.3) is 5.69 Å². The smallest absolute Gasteiger partial charge is 0.170 e. The summed E-state index contributed by atoms with van der Waals surface area (Å²) in [7, 11) is 0. The number of rotatable bonds is 5. The largest absolute Gasteiger partial charge is 0.467 e. The van der Waals surface area contributed by atoms with Gasteiger partial charge in [-0.1, -0.05) is 29.3 Å². The molecular weight excluding hydrogens is 451 g/mol. The van der Waals surface area contributed by atoms with Crippen LogP contribution in [0.15, 0.2) is 83.7 Å². The highest BCUT2D eigenvalue weighted by atomic mass is 35.5. The molecule has 1 aromatic carbocycles. The number of hydrogen-bond acceptors (Lipinski definition) is 3. The summed E-state index contributed by atoms with van der Waals surface area (Å²) >= 11 is 18.4. The molecule has 1 N–H and O–H groups in total. The first-order valence-electron chi connectivity index (χ1n) is 9.75. The Morgan fingerprint density at radius 1 is 1.06 bits per heavy atom. The molecule has 0 bridgehead atoms. The highest BCUT2D eigenvalue weighted by molar-refractivity contribution is 7.80. The van der Waals surface area contributed by atoms with E-state index in [1.165, 1.54) is 0 Å². The molecule has 1 aliphatic rings. The Labute approximate surface area is 195 Å². The first-order valence-corrected chi connectivity index (χ1v) is 10.9. The zero-order valence-corrected chi connectivity index (χ0v) is 18.6. The number of furan rings is 1. The van der Waals surface area contributed by atoms with Crippen molar-refractivity contribution in [1.29, 1.82) is 0 Å². The molecular formula is C23H18Cl2N4OS. The van der Waals surface area contributed by atoms with Crippen LogP contribution < -0.4 is 5.32 Å². The molecule has 0 amide bonds. The van der Waals surface area contributed by atoms with E-state index in [4.69, 9.17) is 39.8 Å². The molecule has 0 spiro atoms. The van der Waals surface area contributed by atoms with Crippen LogP contribution in [-0.2, 0) is 6.54 Å². The lowest BCUT2D eigenvalue weighted by Crippen LogP contribution is -2.29. The Hall–Kier alpha value is -2.80. The maximum atomic E-state index is 6.55. The van der Waals surface area contributed by atoms with Crippen molar-refractivity contribution in [1.82, 2.24) is 19.8 Å². The molecule has 0 aliphatic carbocycles. The van der Waals surface area contributed by atoms with Crippen LogP contribution in [-0.4, -0.2) is 19.6 Å². The molecule has 4 aromatic rings. The first-order chi connectivity index (χ1) is 15.1. The topological polar surface area (TPSA) is 46.2 Å². The van der Waals surface area contributed by atoms with Gasteiger partial charge in [-0.05, 0) is 66.8 Å². The summed E-state index contributed by atoms with van der Waals surface area (Å²) in [6, 6.07) is 19.0. The number of aromatic nitrogens is 2. The Bertz CT molecular complexity index is 1210. The van der Waals surface area contributed by atoms with Crippen molar-refractivity contribution in [3.63, 3.8) is 0 Å². The second kappa shape index (κ2) is 8.38. The van der Waals surface area contributed by atoms with Crippen LogP contribution in [0.2, 0.25) is 10.0 Å². The number of nitrogens with zero attached hydrogens (tertiary/aromatic N) is 3. The third kappa shape index (κ3) is 3.83. The molecule has 1 fully saturated rings. The quantitative estimate of drug-likeness (QED) is 0.367. The molecule has 1 aliphatic heterocycles. The van der Waals surface area contributed by atoms with E-state index in [0.717, 1.165) is 22.8 Å². The molecule has 156 valence electrons. The monoisotopic (exact) mass is 468 g/mol. The van der Waals surface area contributed by atoms with Crippen molar-refractivity contribution < 1.29 is 4.42 Å². The van der Waals surface area contributed by atoms with Crippen LogP contribution in [0.3, 0.4) is 0 Å². The summed E-state index contributed by atoms with van der Waals surface area (Å²) in [5.41, 5.74) is 2.78. The van der Waals surface area contributed by atoms with Crippen LogP contribution in [0.5, 0.6) is 0 Å². The maximum Gasteiger partial charge on any atom is 0.170 e. The van der Waals surface area contributed by atoms with E-state index in [-0.39, 0.29) is 12.1 Å². The second-order valence-electron chi connectivity index (χ2n) is 7.23. The molecule has 2 atom stereocenters. The van der Waals surface area contributed by atoms with Gasteiger partial charge in [-0.2, -0.15) is 0 Å². The number of nitrogens with one attached hydrogen (secondary N) is 1. The average Bonchev–Trinajstić information content (AvgIpc) is 3.50. The van der Waals surface area contributed by atoms with E-state index < -0.39 is 0 Å². The average molecular weight is 469 g/mol. The number of pyridine rings is 1. The van der Waals surface area contributed by atoms with E-state index in [0.29, 0.717) is 21.7 Å². The summed E-state index contributed by atoms with van der Waals surface area (Å²) < 4.78 is 7.68. The van der Waals surface area contributed by atoms with Crippen molar-refractivity contribution in [2.24, 2.45) is 0 Å². The highest BCUT2D eigenvalue weighted by Crippen LogP contribution is 2.41. The van der Waals surface area contributed by atoms with Gasteiger partial charge in [-0.25, -0.2) is 0 Å². The van der Waals surface area contributed by atoms with Crippen molar-refractivity contribution in [3.05, 3.63) is 107 Å². The summed E-state index contributed by atoms with van der Waals surface area (Å²) in [4.78, 5) is 6.72. The predicted molar refractivity (Wildman–Crippen MR) is 125 cm³/mol. The van der Waals surface area contributed by atoms with Crippen LogP contribution in [0, 0.1) is 0 Å². The van der Waals surface area contributed by atoms with E-state index in [1.54, 1.807) is 18.5 Å². The second-order valence-corrected chi connectivity index (χ2v) is 8.46. The van der Waals surface area contributed by atoms with E-state index in [2.05, 4.69) is 25.8 Å². The third-order valence-electron chi connectivity index (χ3n) is 5.36. The Balaban J connectivity index is 1.62. The van der Waals surface area contributed by atoms with Gasteiger partial charge in [0.15, 0.2) is 5.11 Å². The third-order valence-corrected chi connectivity index (χ3v) is 6.25. The van der Waals surface area contributed by atoms with Gasteiger partial charge in [0.25, 0.3) is 0 Å². The molecule has 3 aromatic heterocycles. The van der Waals surface area contributed by atoms with Gasteiger partial charge < -0.3 is 19.2 Å². The van der Waals surface area contributed by atoms with Crippen molar-refractivity contribution >= 4 is 40.5 Å². The molecule has 4 heterocycles. The fraction of sp³-hybridized carbons (Fsp3) is 0.130. The minimum atomic E-state index is -0.136. The van der Waals surface area contributed by atoms with Crippen LogP contribution in [0.1, 0.15) is 29.2 Å². The number of benzene rings is 1. The molecule has 31 heavy (non-hydrogen) atoms. The SMILES string of the molecule is S=C1N[C@H](c2ccccn2)[C@H](c2cccn2-c2ccc(Cl)cc2Cl)N1Cc1ccco1. The first kappa shape index (κ1) is 20.1. The number of hydrogen-bond donors (Lipinski definition) is 1. The van der Waals surface area contributed by atoms with Gasteiger partial charge in [0, 0.05) is 23.1 Å². The van der Waals surface area contributed by atoms with Gasteiger partial charge in [0.05, 0.1) is 41.3 Å². The van der Waals surface area contributed by atoms with Gasteiger partial charge in [-0.3, -0.25) is 4.98 Å². The normalized spacial score (nSPS) is 18.4. The fourth-order valence-electron chi connectivity index (χ4n) is 4.00. The van der Waals surface area contributed by atoms with Gasteiger partial charge in [0.2, 0.25) is 0 Å². The Kier molecular flexibility index (Phi) is 5.44. The molecule has 0 radical (unpaired) electrons. The van der Waals surface area contributed by atoms with Crippen molar-refractivity contribution in [3.8, 4) is 5.69 Å². The van der Waals surface area contributed by atoms with E-state index in [1.807, 2.05) is 54.7 Å². The lowest BCUT2D eigenvalue weighted by Gasteiger charge is -2.28. The van der Waals surface area contributed by atoms with Crippen LogP contribution in [0.4, 0.5) is 0 Å². The standard InChI is InChI=1S/C23H18Cl2N4OS/c24-15-8-9-19(17(25)13-15)28-11-3-7-20(28)22-21(18-6-1-2-10-26-18)27-23(31)29(22)14-16-5-4-12-30-16/h1-13,21-22H,14H2,(H,27,31)/t21-,22+/m1/s1. The van der Waals surface area contributed by atoms with E-state index in [9.17, 15) is 0 Å². The van der Waals surface area contributed by atoms with Gasteiger partial charge >= 0.3 is 0 Å². The summed E-state index contributed by atoms with van der Waals surface area (Å²) in [5, 5.41) is 5.27. The minimum absolute atomic E-state index is 0.130. The Morgan fingerprint density at radius 3 is 2.71 bits per heavy atom. The van der Waals surface area contributed by atoms with Gasteiger partial charge in [0.1, 0.15) is 5.76 Å². The molecule has 0 unspecified atom stereocenters. The lowest BCUT2D eigenvalue weighted by atomic mass is 10.0. The lowest BCUT2D eigenvalue weighted by molar-refractivity contribution is 0.280. The van der Waals surface area contributed by atoms with Crippen molar-refractivity contribution in [2.75, 3.05) is 0 Å². The molecule has 0 saturated carbocycles. The summed E-state index contributed by atoms with van der Waals surface area (Å²) in [6.45, 7) is 0.534. The molecule has 1 saturated heterocycles. The Morgan fingerprint density at radius 2 is 1.97 bits per heavy atom. The molecule has 5 nitrogen and oxygen atoms in total. The zero-order valence-electron chi connectivity index (χ0n) is 16.3.